The molecule has 1 N–H and O–H groups in total. The summed E-state index contributed by atoms with van der Waals surface area (Å²) in [5.74, 6) is 0.114. The number of aromatic nitrogens is 2. The minimum atomic E-state index is -0.395. The highest BCUT2D eigenvalue weighted by Crippen LogP contribution is 2.28. The lowest BCUT2D eigenvalue weighted by Crippen LogP contribution is -2.40. The van der Waals surface area contributed by atoms with Gasteiger partial charge in [-0.15, -0.1) is 0 Å². The van der Waals surface area contributed by atoms with Crippen LogP contribution >= 0.6 is 0 Å². The third-order valence-electron chi connectivity index (χ3n) is 4.84. The van der Waals surface area contributed by atoms with Crippen molar-refractivity contribution in [2.75, 3.05) is 31.6 Å². The number of anilines is 2. The smallest absolute Gasteiger partial charge is 0.294 e. The predicted octanol–water partition coefficient (Wildman–Crippen LogP) is 2.93. The highest BCUT2D eigenvalue weighted by atomic mass is 19.1. The highest BCUT2D eigenvalue weighted by Gasteiger charge is 2.19. The number of hydrogen-bond acceptors (Lipinski definition) is 6. The Kier molecular flexibility index (Phi) is 5.94. The molecule has 160 valence electrons. The molecule has 0 bridgehead atoms. The van der Waals surface area contributed by atoms with Gasteiger partial charge in [-0.2, -0.15) is 5.10 Å². The van der Waals surface area contributed by atoms with E-state index >= 15 is 0 Å². The molecule has 4 rings (SSSR count). The minimum absolute atomic E-state index is 0.0602. The third kappa shape index (κ3) is 4.72. The first-order chi connectivity index (χ1) is 15.0. The number of halogens is 1. The molecule has 8 nitrogen and oxygen atoms in total. The molecular formula is C22H21FN4O4. The summed E-state index contributed by atoms with van der Waals surface area (Å²) >= 11 is 0. The minimum Gasteiger partial charge on any atom is -0.453 e. The van der Waals surface area contributed by atoms with Crippen molar-refractivity contribution < 1.29 is 18.7 Å². The molecule has 1 fully saturated rings. The van der Waals surface area contributed by atoms with Gasteiger partial charge in [0.1, 0.15) is 11.6 Å². The molecule has 2 aromatic carbocycles. The van der Waals surface area contributed by atoms with Gasteiger partial charge >= 0.3 is 0 Å². The maximum Gasteiger partial charge on any atom is 0.294 e. The Labute approximate surface area is 177 Å². The number of morpholine rings is 1. The van der Waals surface area contributed by atoms with Crippen LogP contribution in [0.25, 0.3) is 0 Å². The lowest BCUT2D eigenvalue weighted by molar-refractivity contribution is 0.0303. The Morgan fingerprint density at radius 3 is 2.45 bits per heavy atom. The van der Waals surface area contributed by atoms with Gasteiger partial charge < -0.3 is 19.7 Å². The zero-order valence-electron chi connectivity index (χ0n) is 16.9. The van der Waals surface area contributed by atoms with Crippen LogP contribution < -0.4 is 15.6 Å². The van der Waals surface area contributed by atoms with E-state index in [9.17, 15) is 14.0 Å². The molecule has 3 aromatic rings. The molecule has 0 spiro atoms. The third-order valence-corrected chi connectivity index (χ3v) is 4.84. The summed E-state index contributed by atoms with van der Waals surface area (Å²) in [5.41, 5.74) is 0.936. The zero-order valence-corrected chi connectivity index (χ0v) is 16.9. The SMILES string of the molecule is Cn1ncc(Oc2ccc(F)cc2)c(Nc2ccc(C(=O)N3CCOCC3)cc2)c1=O. The summed E-state index contributed by atoms with van der Waals surface area (Å²) in [7, 11) is 1.53. The summed E-state index contributed by atoms with van der Waals surface area (Å²) in [4.78, 5) is 27.0. The number of carbonyl (C=O) groups is 1. The molecule has 1 aromatic heterocycles. The number of carbonyl (C=O) groups excluding carboxylic acids is 1. The van der Waals surface area contributed by atoms with E-state index in [2.05, 4.69) is 10.4 Å². The van der Waals surface area contributed by atoms with Crippen LogP contribution in [0.15, 0.2) is 59.5 Å². The Morgan fingerprint density at radius 2 is 1.77 bits per heavy atom. The standard InChI is InChI=1S/C22H21FN4O4/c1-26-22(29)20(19(14-24-26)31-18-8-4-16(23)5-9-18)25-17-6-2-15(3-7-17)21(28)27-10-12-30-13-11-27/h2-9,14,25H,10-13H2,1H3. The van der Waals surface area contributed by atoms with Crippen molar-refractivity contribution in [3.63, 3.8) is 0 Å². The number of amides is 1. The van der Waals surface area contributed by atoms with Crippen LogP contribution in [-0.4, -0.2) is 46.9 Å². The lowest BCUT2D eigenvalue weighted by Gasteiger charge is -2.26. The van der Waals surface area contributed by atoms with Crippen molar-refractivity contribution in [2.24, 2.45) is 7.05 Å². The van der Waals surface area contributed by atoms with Crippen molar-refractivity contribution in [3.8, 4) is 11.5 Å². The van der Waals surface area contributed by atoms with Crippen molar-refractivity contribution in [1.82, 2.24) is 14.7 Å². The Bertz CT molecular complexity index is 1120. The van der Waals surface area contributed by atoms with Crippen LogP contribution in [0, 0.1) is 5.82 Å². The molecule has 31 heavy (non-hydrogen) atoms. The molecule has 1 aliphatic heterocycles. The summed E-state index contributed by atoms with van der Waals surface area (Å²) in [6.07, 6.45) is 1.41. The van der Waals surface area contributed by atoms with Gasteiger partial charge in [-0.05, 0) is 48.5 Å². The first-order valence-electron chi connectivity index (χ1n) is 9.75. The molecule has 0 unspecified atom stereocenters. The van der Waals surface area contributed by atoms with Crippen LogP contribution in [0.2, 0.25) is 0 Å². The number of aryl methyl sites for hydroxylation is 1. The van der Waals surface area contributed by atoms with Crippen LogP contribution in [0.3, 0.4) is 0 Å². The fraction of sp³-hybridized carbons (Fsp3) is 0.227. The number of nitrogens with zero attached hydrogens (tertiary/aromatic N) is 3. The zero-order chi connectivity index (χ0) is 21.8. The average Bonchev–Trinajstić information content (AvgIpc) is 2.80. The Morgan fingerprint density at radius 1 is 1.10 bits per heavy atom. The molecular weight excluding hydrogens is 403 g/mol. The van der Waals surface area contributed by atoms with Crippen molar-refractivity contribution >= 4 is 17.3 Å². The quantitative estimate of drug-likeness (QED) is 0.678. The highest BCUT2D eigenvalue weighted by molar-refractivity contribution is 5.94. The fourth-order valence-corrected chi connectivity index (χ4v) is 3.13. The normalized spacial score (nSPS) is 13.7. The van der Waals surface area contributed by atoms with Gasteiger partial charge in [-0.1, -0.05) is 0 Å². The number of benzene rings is 2. The van der Waals surface area contributed by atoms with Crippen molar-refractivity contribution in [2.45, 2.75) is 0 Å². The first-order valence-corrected chi connectivity index (χ1v) is 9.75. The fourth-order valence-electron chi connectivity index (χ4n) is 3.13. The topological polar surface area (TPSA) is 85.7 Å². The van der Waals surface area contributed by atoms with E-state index in [-0.39, 0.29) is 23.2 Å². The van der Waals surface area contributed by atoms with Gasteiger partial charge in [0.15, 0.2) is 11.4 Å². The van der Waals surface area contributed by atoms with Crippen LogP contribution in [-0.2, 0) is 11.8 Å². The molecule has 0 aliphatic carbocycles. The lowest BCUT2D eigenvalue weighted by atomic mass is 10.1. The molecule has 0 saturated carbocycles. The summed E-state index contributed by atoms with van der Waals surface area (Å²) in [5, 5.41) is 7.03. The number of ether oxygens (including phenoxy) is 2. The van der Waals surface area contributed by atoms with Crippen LogP contribution in [0.5, 0.6) is 11.5 Å². The van der Waals surface area contributed by atoms with Gasteiger partial charge in [0.05, 0.1) is 19.4 Å². The summed E-state index contributed by atoms with van der Waals surface area (Å²) in [6.45, 7) is 2.20. The molecule has 0 radical (unpaired) electrons. The van der Waals surface area contributed by atoms with E-state index in [1.807, 2.05) is 0 Å². The second-order valence-electron chi connectivity index (χ2n) is 6.98. The number of rotatable bonds is 5. The Hall–Kier alpha value is -3.72. The monoisotopic (exact) mass is 424 g/mol. The summed E-state index contributed by atoms with van der Waals surface area (Å²) < 4.78 is 25.3. The van der Waals surface area contributed by atoms with Crippen LogP contribution in [0.1, 0.15) is 10.4 Å². The van der Waals surface area contributed by atoms with E-state index in [1.165, 1.54) is 42.2 Å². The van der Waals surface area contributed by atoms with E-state index in [1.54, 1.807) is 29.2 Å². The van der Waals surface area contributed by atoms with Gasteiger partial charge in [-0.25, -0.2) is 9.07 Å². The molecule has 2 heterocycles. The van der Waals surface area contributed by atoms with Gasteiger partial charge in [-0.3, -0.25) is 9.59 Å². The van der Waals surface area contributed by atoms with Crippen molar-refractivity contribution in [3.05, 3.63) is 76.5 Å². The molecule has 1 aliphatic rings. The predicted molar refractivity (Wildman–Crippen MR) is 112 cm³/mol. The number of hydrogen-bond donors (Lipinski definition) is 1. The molecule has 1 saturated heterocycles. The molecule has 9 heteroatoms. The van der Waals surface area contributed by atoms with E-state index in [0.717, 1.165) is 0 Å². The van der Waals surface area contributed by atoms with E-state index in [0.29, 0.717) is 43.3 Å². The second-order valence-corrected chi connectivity index (χ2v) is 6.98. The second kappa shape index (κ2) is 8.97. The largest absolute Gasteiger partial charge is 0.453 e. The molecule has 0 atom stereocenters. The van der Waals surface area contributed by atoms with Gasteiger partial charge in [0, 0.05) is 31.4 Å². The molecule has 1 amide bonds. The van der Waals surface area contributed by atoms with Crippen molar-refractivity contribution in [1.29, 1.82) is 0 Å². The maximum absolute atomic E-state index is 13.2. The van der Waals surface area contributed by atoms with E-state index < -0.39 is 5.56 Å². The van der Waals surface area contributed by atoms with E-state index in [4.69, 9.17) is 9.47 Å². The maximum atomic E-state index is 13.2. The first kappa shape index (κ1) is 20.5. The van der Waals surface area contributed by atoms with Gasteiger partial charge in [0.2, 0.25) is 0 Å². The Balaban J connectivity index is 1.55. The average molecular weight is 424 g/mol. The van der Waals surface area contributed by atoms with Gasteiger partial charge in [0.25, 0.3) is 11.5 Å². The number of nitrogens with one attached hydrogen (secondary N) is 1. The van der Waals surface area contributed by atoms with Crippen LogP contribution in [0.4, 0.5) is 15.8 Å². The summed E-state index contributed by atoms with van der Waals surface area (Å²) in [6, 6.07) is 12.3.